The lowest BCUT2D eigenvalue weighted by molar-refractivity contribution is -0.242. The van der Waals surface area contributed by atoms with E-state index >= 15 is 0 Å². The number of aliphatic hydroxyl groups is 3. The third kappa shape index (κ3) is 6.94. The van der Waals surface area contributed by atoms with Crippen LogP contribution in [0.4, 0.5) is 4.39 Å². The van der Waals surface area contributed by atoms with E-state index in [4.69, 9.17) is 19.1 Å². The van der Waals surface area contributed by atoms with Gasteiger partial charge in [0.1, 0.15) is 29.9 Å². The minimum atomic E-state index is -1.42. The molecule has 0 spiro atoms. The monoisotopic (exact) mass is 449 g/mol. The van der Waals surface area contributed by atoms with Gasteiger partial charge in [0.2, 0.25) is 12.2 Å². The third-order valence-electron chi connectivity index (χ3n) is 4.69. The van der Waals surface area contributed by atoms with Crippen LogP contribution in [0.3, 0.4) is 0 Å². The van der Waals surface area contributed by atoms with Crippen molar-refractivity contribution in [3.05, 3.63) is 53.8 Å². The van der Waals surface area contributed by atoms with Gasteiger partial charge >= 0.3 is 6.15 Å². The molecule has 172 valence electrons. The summed E-state index contributed by atoms with van der Waals surface area (Å²) >= 11 is 0. The van der Waals surface area contributed by atoms with Crippen LogP contribution >= 0.6 is 0 Å². The predicted molar refractivity (Wildman–Crippen MR) is 108 cm³/mol. The van der Waals surface area contributed by atoms with Crippen LogP contribution in [0.2, 0.25) is 0 Å². The molecule has 1 aliphatic rings. The maximum Gasteiger partial charge on any atom is 0.373 e. The maximum absolute atomic E-state index is 13.8. The molecule has 4 atom stereocenters. The highest BCUT2D eigenvalue weighted by atomic mass is 19.1. The molecule has 0 saturated carbocycles. The second-order valence-electron chi connectivity index (χ2n) is 7.01. The Morgan fingerprint density at radius 3 is 2.56 bits per heavy atom. The summed E-state index contributed by atoms with van der Waals surface area (Å²) in [6.07, 6.45) is -4.37. The molecule has 2 aromatic rings. The maximum atomic E-state index is 13.8. The topological polar surface area (TPSA) is 142 Å². The van der Waals surface area contributed by atoms with Crippen LogP contribution in [0.25, 0.3) is 11.1 Å². The number of benzene rings is 2. The fourth-order valence-electron chi connectivity index (χ4n) is 3.16. The average Bonchev–Trinajstić information content (AvgIpc) is 2.75. The van der Waals surface area contributed by atoms with Crippen LogP contribution < -0.4 is 10.1 Å². The molecular formula is C22H24FNO8. The lowest BCUT2D eigenvalue weighted by Gasteiger charge is -2.35. The van der Waals surface area contributed by atoms with Gasteiger partial charge in [-0.05, 0) is 47.4 Å². The second-order valence-corrected chi connectivity index (χ2v) is 7.01. The van der Waals surface area contributed by atoms with Gasteiger partial charge in [0.05, 0.1) is 6.61 Å². The highest BCUT2D eigenvalue weighted by molar-refractivity contribution is 5.73. The molecule has 3 rings (SSSR count). The molecule has 0 bridgehead atoms. The molecule has 32 heavy (non-hydrogen) atoms. The van der Waals surface area contributed by atoms with Gasteiger partial charge in [-0.3, -0.25) is 4.79 Å². The van der Waals surface area contributed by atoms with Crippen LogP contribution in [-0.4, -0.2) is 65.1 Å². The number of ether oxygens (including phenoxy) is 2. The minimum absolute atomic E-state index is 0.138. The first kappa shape index (κ1) is 25.1. The first-order valence-corrected chi connectivity index (χ1v) is 9.71. The van der Waals surface area contributed by atoms with Crippen LogP contribution in [-0.2, 0) is 25.5 Å². The number of halogens is 1. The molecule has 10 heteroatoms. The zero-order chi connectivity index (χ0) is 23.7. The number of amides is 1. The molecule has 0 radical (unpaired) electrons. The number of aliphatic hydroxyl groups excluding tert-OH is 3. The minimum Gasteiger partial charge on any atom is -0.462 e. The van der Waals surface area contributed by atoms with E-state index < -0.39 is 24.6 Å². The highest BCUT2D eigenvalue weighted by Gasteiger charge is 2.39. The molecule has 1 saturated heterocycles. The number of hydrogen-bond acceptors (Lipinski definition) is 8. The van der Waals surface area contributed by atoms with Crippen molar-refractivity contribution < 1.29 is 43.6 Å². The summed E-state index contributed by atoms with van der Waals surface area (Å²) in [6, 6.07) is 11.2. The van der Waals surface area contributed by atoms with Crippen LogP contribution in [0.5, 0.6) is 5.75 Å². The zero-order valence-electron chi connectivity index (χ0n) is 17.2. The fourth-order valence-corrected chi connectivity index (χ4v) is 3.16. The summed E-state index contributed by atoms with van der Waals surface area (Å²) in [4.78, 5) is 27.4. The van der Waals surface area contributed by atoms with Crippen molar-refractivity contribution in [2.75, 3.05) is 13.2 Å². The van der Waals surface area contributed by atoms with E-state index in [1.807, 2.05) is 0 Å². The first-order valence-electron chi connectivity index (χ1n) is 9.71. The molecule has 1 amide bonds. The van der Waals surface area contributed by atoms with Gasteiger partial charge in [0, 0.05) is 13.5 Å². The van der Waals surface area contributed by atoms with Crippen molar-refractivity contribution in [1.29, 1.82) is 0 Å². The summed E-state index contributed by atoms with van der Waals surface area (Å²) < 4.78 is 24.7. The van der Waals surface area contributed by atoms with E-state index in [9.17, 15) is 24.5 Å². The molecule has 4 N–H and O–H groups in total. The smallest absolute Gasteiger partial charge is 0.373 e. The van der Waals surface area contributed by atoms with Crippen molar-refractivity contribution in [3.8, 4) is 16.9 Å². The molecule has 1 aliphatic heterocycles. The Morgan fingerprint density at radius 1 is 1.19 bits per heavy atom. The zero-order valence-corrected chi connectivity index (χ0v) is 17.2. The number of nitrogens with one attached hydrogen (secondary N) is 1. The standard InChI is InChI=1S/C21H24FNO6.CO2/c1-12(24)23-8-7-13-5-6-16(10-17(13)14-3-2-4-15(22)9-14)29-21-20(27)19(26)18(25)11-28-21;2-1-3/h2-6,9-10,18-21,25-27H,7-8,11H2,1H3,(H,23,24);/t18-,19+,20-,21?;/m1./s1. The Morgan fingerprint density at radius 2 is 1.91 bits per heavy atom. The van der Waals surface area contributed by atoms with Crippen LogP contribution in [0.15, 0.2) is 42.5 Å². The predicted octanol–water partition coefficient (Wildman–Crippen LogP) is 0.406. The third-order valence-corrected chi connectivity index (χ3v) is 4.69. The van der Waals surface area contributed by atoms with Gasteiger partial charge in [-0.1, -0.05) is 18.2 Å². The number of carbonyl (C=O) groups is 1. The Balaban J connectivity index is 0.00000114. The van der Waals surface area contributed by atoms with Crippen LogP contribution in [0.1, 0.15) is 12.5 Å². The van der Waals surface area contributed by atoms with Gasteiger partial charge in [-0.15, -0.1) is 0 Å². The molecule has 0 aromatic heterocycles. The molecule has 1 fully saturated rings. The summed E-state index contributed by atoms with van der Waals surface area (Å²) in [5.41, 5.74) is 2.21. The first-order chi connectivity index (χ1) is 15.3. The van der Waals surface area contributed by atoms with Gasteiger partial charge in [0.15, 0.2) is 0 Å². The van der Waals surface area contributed by atoms with Crippen molar-refractivity contribution in [1.82, 2.24) is 5.32 Å². The van der Waals surface area contributed by atoms with Crippen molar-refractivity contribution in [3.63, 3.8) is 0 Å². The molecule has 2 aromatic carbocycles. The van der Waals surface area contributed by atoms with E-state index in [-0.39, 0.29) is 24.5 Å². The lowest BCUT2D eigenvalue weighted by atomic mass is 9.97. The quantitative estimate of drug-likeness (QED) is 0.497. The van der Waals surface area contributed by atoms with E-state index in [1.165, 1.54) is 19.1 Å². The summed E-state index contributed by atoms with van der Waals surface area (Å²) in [7, 11) is 0. The Hall–Kier alpha value is -3.14. The van der Waals surface area contributed by atoms with Crippen molar-refractivity contribution in [2.45, 2.75) is 37.9 Å². The van der Waals surface area contributed by atoms with Crippen LogP contribution in [0, 0.1) is 5.82 Å². The van der Waals surface area contributed by atoms with Gasteiger partial charge in [-0.2, -0.15) is 9.59 Å². The fraction of sp³-hybridized carbons (Fsp3) is 0.364. The lowest BCUT2D eigenvalue weighted by Crippen LogP contribution is -2.54. The molecular weight excluding hydrogens is 425 g/mol. The Labute approximate surface area is 183 Å². The van der Waals surface area contributed by atoms with Gasteiger partial charge in [0.25, 0.3) is 0 Å². The van der Waals surface area contributed by atoms with Gasteiger partial charge in [-0.25, -0.2) is 4.39 Å². The normalized spacial score (nSPS) is 22.2. The highest BCUT2D eigenvalue weighted by Crippen LogP contribution is 2.30. The summed E-state index contributed by atoms with van der Waals surface area (Å²) in [5.74, 6) is -0.175. The molecule has 1 heterocycles. The Bertz CT molecular complexity index is 947. The summed E-state index contributed by atoms with van der Waals surface area (Å²) in [6.45, 7) is 1.69. The summed E-state index contributed by atoms with van der Waals surface area (Å²) in [5, 5.41) is 32.2. The van der Waals surface area contributed by atoms with E-state index in [2.05, 4.69) is 5.32 Å². The number of carbonyl (C=O) groups excluding carboxylic acids is 3. The molecule has 9 nitrogen and oxygen atoms in total. The van der Waals surface area contributed by atoms with Crippen molar-refractivity contribution >= 4 is 12.1 Å². The second kappa shape index (κ2) is 12.0. The van der Waals surface area contributed by atoms with Crippen molar-refractivity contribution in [2.24, 2.45) is 0 Å². The number of hydrogen-bond donors (Lipinski definition) is 4. The largest absolute Gasteiger partial charge is 0.462 e. The Kier molecular flexibility index (Phi) is 9.45. The van der Waals surface area contributed by atoms with E-state index in [0.29, 0.717) is 29.8 Å². The average molecular weight is 449 g/mol. The van der Waals surface area contributed by atoms with E-state index in [0.717, 1.165) is 5.56 Å². The van der Waals surface area contributed by atoms with E-state index in [1.54, 1.807) is 30.3 Å². The molecule has 0 aliphatic carbocycles. The SMILES string of the molecule is CC(=O)NCCc1ccc(OC2OC[C@@H](O)[C@H](O)[C@H]2O)cc1-c1cccc(F)c1.O=C=O. The van der Waals surface area contributed by atoms with Gasteiger partial charge < -0.3 is 30.1 Å². The number of rotatable bonds is 6. The molecule has 1 unspecified atom stereocenters.